The minimum absolute atomic E-state index is 0.0693. The fraction of sp³-hybridized carbons (Fsp3) is 0.550. The molecule has 1 aromatic carbocycles. The summed E-state index contributed by atoms with van der Waals surface area (Å²) in [5.41, 5.74) is 1.16. The SMILES string of the molecule is O=C(OCC1CO1)c1cc2ccc1C(C(=O)OCC1CO1)C2C(=O)OCC1CO1. The molecule has 3 aliphatic heterocycles. The molecule has 0 N–H and O–H groups in total. The Labute approximate surface area is 166 Å². The fourth-order valence-corrected chi connectivity index (χ4v) is 3.39. The Hall–Kier alpha value is -2.49. The maximum Gasteiger partial charge on any atom is 0.338 e. The smallest absolute Gasteiger partial charge is 0.338 e. The molecule has 3 fully saturated rings. The van der Waals surface area contributed by atoms with Crippen molar-refractivity contribution in [3.8, 4) is 0 Å². The summed E-state index contributed by atoms with van der Waals surface area (Å²) >= 11 is 0. The van der Waals surface area contributed by atoms with Gasteiger partial charge in [0.25, 0.3) is 0 Å². The van der Waals surface area contributed by atoms with Crippen LogP contribution in [-0.4, -0.2) is 75.9 Å². The van der Waals surface area contributed by atoms with Gasteiger partial charge in [-0.15, -0.1) is 0 Å². The first-order chi connectivity index (χ1) is 14.1. The normalized spacial score (nSPS) is 30.4. The van der Waals surface area contributed by atoms with E-state index in [-0.39, 0.29) is 43.7 Å². The average molecular weight is 404 g/mol. The molecule has 3 heterocycles. The number of fused-ring (bicyclic) bond motifs is 3. The summed E-state index contributed by atoms with van der Waals surface area (Å²) in [6.07, 6.45) is -0.264. The summed E-state index contributed by atoms with van der Waals surface area (Å²) in [5.74, 6) is -3.53. The van der Waals surface area contributed by atoms with Gasteiger partial charge in [-0.1, -0.05) is 12.1 Å². The maximum atomic E-state index is 12.9. The predicted molar refractivity (Wildman–Crippen MR) is 93.3 cm³/mol. The molecule has 2 aliphatic carbocycles. The van der Waals surface area contributed by atoms with Crippen LogP contribution in [0.4, 0.5) is 0 Å². The Balaban J connectivity index is 1.37. The van der Waals surface area contributed by atoms with Gasteiger partial charge < -0.3 is 28.4 Å². The van der Waals surface area contributed by atoms with Crippen molar-refractivity contribution in [3.05, 3.63) is 34.9 Å². The third-order valence-electron chi connectivity index (χ3n) is 5.26. The lowest BCUT2D eigenvalue weighted by molar-refractivity contribution is -0.154. The standard InChI is InChI=1S/C20H20O9/c21-18(27-7-11-4-24-11)15-3-10-1-2-14(15)17(20(23)29-9-13-6-26-13)16(10)19(22)28-8-12-5-25-12/h1-3,11-13,16-17H,4-9H2. The summed E-state index contributed by atoms with van der Waals surface area (Å²) in [6, 6.07) is 4.95. The molecule has 3 saturated heterocycles. The van der Waals surface area contributed by atoms with Crippen molar-refractivity contribution in [3.63, 3.8) is 0 Å². The third-order valence-corrected chi connectivity index (χ3v) is 5.26. The molecule has 0 amide bonds. The van der Waals surface area contributed by atoms with Gasteiger partial charge in [0, 0.05) is 0 Å². The van der Waals surface area contributed by atoms with E-state index in [0.717, 1.165) is 0 Å². The first-order valence-electron chi connectivity index (χ1n) is 9.59. The second-order valence-electron chi connectivity index (χ2n) is 7.53. The van der Waals surface area contributed by atoms with Crippen molar-refractivity contribution >= 4 is 17.9 Å². The number of carbonyl (C=O) groups is 3. The van der Waals surface area contributed by atoms with E-state index in [1.807, 2.05) is 0 Å². The van der Waals surface area contributed by atoms with Gasteiger partial charge >= 0.3 is 17.9 Å². The number of ether oxygens (including phenoxy) is 6. The van der Waals surface area contributed by atoms with Gasteiger partial charge in [0.15, 0.2) is 0 Å². The molecular formula is C20H20O9. The molecule has 5 unspecified atom stereocenters. The third kappa shape index (κ3) is 4.12. The largest absolute Gasteiger partial charge is 0.462 e. The van der Waals surface area contributed by atoms with Crippen molar-refractivity contribution in [2.75, 3.05) is 39.6 Å². The Bertz CT molecular complexity index is 838. The van der Waals surface area contributed by atoms with E-state index in [2.05, 4.69) is 0 Å². The Morgan fingerprint density at radius 2 is 1.31 bits per heavy atom. The van der Waals surface area contributed by atoms with Crippen LogP contribution in [0, 0.1) is 0 Å². The van der Waals surface area contributed by atoms with E-state index in [0.29, 0.717) is 30.9 Å². The highest BCUT2D eigenvalue weighted by molar-refractivity contribution is 5.99. The van der Waals surface area contributed by atoms with E-state index < -0.39 is 29.7 Å². The van der Waals surface area contributed by atoms with Crippen molar-refractivity contribution < 1.29 is 42.8 Å². The highest BCUT2D eigenvalue weighted by atomic mass is 16.6. The summed E-state index contributed by atoms with van der Waals surface area (Å²) in [6.45, 7) is 2.07. The lowest BCUT2D eigenvalue weighted by Crippen LogP contribution is -2.35. The maximum absolute atomic E-state index is 12.9. The van der Waals surface area contributed by atoms with E-state index in [1.54, 1.807) is 18.2 Å². The number of hydrogen-bond acceptors (Lipinski definition) is 9. The highest BCUT2D eigenvalue weighted by Crippen LogP contribution is 2.43. The van der Waals surface area contributed by atoms with Crippen molar-refractivity contribution in [2.24, 2.45) is 0 Å². The number of benzene rings is 1. The topological polar surface area (TPSA) is 116 Å². The molecule has 2 bridgehead atoms. The first-order valence-corrected chi connectivity index (χ1v) is 9.59. The van der Waals surface area contributed by atoms with Gasteiger partial charge in [-0.05, 0) is 17.2 Å². The summed E-state index contributed by atoms with van der Waals surface area (Å²) < 4.78 is 31.1. The van der Waals surface area contributed by atoms with Crippen LogP contribution < -0.4 is 0 Å². The molecule has 0 saturated carbocycles. The molecule has 0 radical (unpaired) electrons. The molecular weight excluding hydrogens is 384 g/mol. The van der Waals surface area contributed by atoms with Crippen molar-refractivity contribution in [1.29, 1.82) is 0 Å². The summed E-state index contributed by atoms with van der Waals surface area (Å²) in [7, 11) is 0. The highest BCUT2D eigenvalue weighted by Gasteiger charge is 2.45. The molecule has 0 aromatic heterocycles. The van der Waals surface area contributed by atoms with Crippen LogP contribution in [0.25, 0.3) is 0 Å². The zero-order valence-corrected chi connectivity index (χ0v) is 15.5. The molecule has 5 atom stereocenters. The van der Waals surface area contributed by atoms with Crippen LogP contribution in [0.2, 0.25) is 0 Å². The molecule has 29 heavy (non-hydrogen) atoms. The summed E-state index contributed by atoms with van der Waals surface area (Å²) in [4.78, 5) is 38.1. The van der Waals surface area contributed by atoms with Crippen LogP contribution in [0.3, 0.4) is 0 Å². The molecule has 5 aliphatic rings. The second kappa shape index (κ2) is 7.40. The molecule has 9 heteroatoms. The zero-order valence-electron chi connectivity index (χ0n) is 15.5. The molecule has 0 spiro atoms. The van der Waals surface area contributed by atoms with Gasteiger partial charge in [-0.2, -0.15) is 0 Å². The number of epoxide rings is 3. The van der Waals surface area contributed by atoms with Gasteiger partial charge in [-0.3, -0.25) is 9.59 Å². The Morgan fingerprint density at radius 3 is 1.86 bits per heavy atom. The monoisotopic (exact) mass is 404 g/mol. The minimum Gasteiger partial charge on any atom is -0.462 e. The minimum atomic E-state index is -0.967. The Morgan fingerprint density at radius 1 is 0.793 bits per heavy atom. The van der Waals surface area contributed by atoms with E-state index in [4.69, 9.17) is 28.4 Å². The lowest BCUT2D eigenvalue weighted by atomic mass is 9.73. The molecule has 9 nitrogen and oxygen atoms in total. The molecule has 1 aromatic rings. The first kappa shape index (κ1) is 18.5. The number of hydrogen-bond donors (Lipinski definition) is 0. The van der Waals surface area contributed by atoms with Gasteiger partial charge in [0.1, 0.15) is 44.1 Å². The van der Waals surface area contributed by atoms with Crippen LogP contribution in [0.1, 0.15) is 33.3 Å². The van der Waals surface area contributed by atoms with E-state index >= 15 is 0 Å². The van der Waals surface area contributed by atoms with Crippen molar-refractivity contribution in [2.45, 2.75) is 30.1 Å². The van der Waals surface area contributed by atoms with Crippen LogP contribution >= 0.6 is 0 Å². The van der Waals surface area contributed by atoms with Crippen LogP contribution in [0.5, 0.6) is 0 Å². The number of carbonyl (C=O) groups excluding carboxylic acids is 3. The zero-order chi connectivity index (χ0) is 20.0. The van der Waals surface area contributed by atoms with Gasteiger partial charge in [-0.25, -0.2) is 4.79 Å². The van der Waals surface area contributed by atoms with Crippen LogP contribution in [0.15, 0.2) is 18.2 Å². The number of esters is 3. The van der Waals surface area contributed by atoms with E-state index in [9.17, 15) is 14.4 Å². The molecule has 154 valence electrons. The van der Waals surface area contributed by atoms with Crippen LogP contribution in [-0.2, 0) is 38.0 Å². The summed E-state index contributed by atoms with van der Waals surface area (Å²) in [5, 5.41) is 0. The van der Waals surface area contributed by atoms with Gasteiger partial charge in [0.05, 0.1) is 31.3 Å². The lowest BCUT2D eigenvalue weighted by Gasteiger charge is -2.31. The quantitative estimate of drug-likeness (QED) is 0.325. The Kier molecular flexibility index (Phi) is 4.73. The predicted octanol–water partition coefficient (Wildman–Crippen LogP) is 0.307. The van der Waals surface area contributed by atoms with Gasteiger partial charge in [0.2, 0.25) is 0 Å². The second-order valence-corrected chi connectivity index (χ2v) is 7.53. The average Bonchev–Trinajstić information content (AvgIpc) is 3.58. The number of rotatable bonds is 9. The molecule has 6 rings (SSSR count). The van der Waals surface area contributed by atoms with E-state index in [1.165, 1.54) is 0 Å². The fourth-order valence-electron chi connectivity index (χ4n) is 3.39. The van der Waals surface area contributed by atoms with Crippen molar-refractivity contribution in [1.82, 2.24) is 0 Å².